The third-order valence-electron chi connectivity index (χ3n) is 3.14. The van der Waals surface area contributed by atoms with Crippen molar-refractivity contribution in [2.24, 2.45) is 0 Å². The van der Waals surface area contributed by atoms with E-state index in [1.807, 2.05) is 0 Å². The van der Waals surface area contributed by atoms with E-state index in [0.29, 0.717) is 22.6 Å². The average Bonchev–Trinajstić information content (AvgIpc) is 2.55. The molecule has 0 aliphatic rings. The minimum atomic E-state index is -0.364. The fraction of sp³-hybridized carbons (Fsp3) is 0.167. The first-order valence-corrected chi connectivity index (χ1v) is 7.22. The Morgan fingerprint density at radius 1 is 1.00 bits per heavy atom. The highest BCUT2D eigenvalue weighted by Crippen LogP contribution is 2.17. The molecule has 0 saturated carbocycles. The number of benzene rings is 2. The van der Waals surface area contributed by atoms with E-state index in [1.165, 1.54) is 13.0 Å². The van der Waals surface area contributed by atoms with Crippen LogP contribution in [0.3, 0.4) is 0 Å². The lowest BCUT2D eigenvalue weighted by molar-refractivity contribution is -0.134. The van der Waals surface area contributed by atoms with E-state index in [4.69, 9.17) is 4.74 Å². The summed E-state index contributed by atoms with van der Waals surface area (Å²) in [6, 6.07) is 13.1. The van der Waals surface area contributed by atoms with Crippen LogP contribution in [-0.4, -0.2) is 17.7 Å². The molecule has 0 unspecified atom stereocenters. The second-order valence-electron chi connectivity index (χ2n) is 4.95. The molecule has 0 aromatic heterocycles. The zero-order valence-electron chi connectivity index (χ0n) is 13.0. The molecular formula is C18H17NO4. The zero-order chi connectivity index (χ0) is 16.8. The summed E-state index contributed by atoms with van der Waals surface area (Å²) in [6.45, 7) is 3.16. The molecule has 0 saturated heterocycles. The van der Waals surface area contributed by atoms with Gasteiger partial charge in [0.2, 0.25) is 0 Å². The van der Waals surface area contributed by atoms with Crippen LogP contribution >= 0.6 is 0 Å². The lowest BCUT2D eigenvalue weighted by Crippen LogP contribution is -2.13. The average molecular weight is 311 g/mol. The molecule has 0 aliphatic carbocycles. The van der Waals surface area contributed by atoms with Gasteiger partial charge in [-0.05, 0) is 37.3 Å². The largest absolute Gasteiger partial charge is 0.427 e. The fourth-order valence-corrected chi connectivity index (χ4v) is 1.92. The Bertz CT molecular complexity index is 752. The van der Waals surface area contributed by atoms with Crippen LogP contribution in [0.15, 0.2) is 48.5 Å². The molecule has 5 heteroatoms. The van der Waals surface area contributed by atoms with Gasteiger partial charge in [-0.15, -0.1) is 0 Å². The predicted molar refractivity (Wildman–Crippen MR) is 86.8 cm³/mol. The van der Waals surface area contributed by atoms with Crippen molar-refractivity contribution in [1.29, 1.82) is 0 Å². The summed E-state index contributed by atoms with van der Waals surface area (Å²) in [5, 5.41) is 2.72. The Labute approximate surface area is 134 Å². The van der Waals surface area contributed by atoms with Gasteiger partial charge < -0.3 is 10.1 Å². The van der Waals surface area contributed by atoms with Crippen molar-refractivity contribution in [2.75, 3.05) is 5.32 Å². The standard InChI is InChI=1S/C18H17NO4/c1-3-17(21)23-16-9-5-7-14(11-16)18(22)19-15-8-4-6-13(10-15)12(2)20/h4-11H,3H2,1-2H3,(H,19,22). The van der Waals surface area contributed by atoms with Crippen molar-refractivity contribution in [3.63, 3.8) is 0 Å². The van der Waals surface area contributed by atoms with Gasteiger partial charge in [-0.1, -0.05) is 25.1 Å². The quantitative estimate of drug-likeness (QED) is 0.521. The normalized spacial score (nSPS) is 10.0. The molecule has 118 valence electrons. The SMILES string of the molecule is CCC(=O)Oc1cccc(C(=O)Nc2cccc(C(C)=O)c2)c1. The smallest absolute Gasteiger partial charge is 0.310 e. The molecule has 0 radical (unpaired) electrons. The number of anilines is 1. The Kier molecular flexibility index (Phi) is 5.25. The van der Waals surface area contributed by atoms with E-state index >= 15 is 0 Å². The van der Waals surface area contributed by atoms with Gasteiger partial charge in [0.25, 0.3) is 5.91 Å². The first-order valence-electron chi connectivity index (χ1n) is 7.22. The monoisotopic (exact) mass is 311 g/mol. The highest BCUT2D eigenvalue weighted by atomic mass is 16.5. The van der Waals surface area contributed by atoms with Gasteiger partial charge >= 0.3 is 5.97 Å². The second-order valence-corrected chi connectivity index (χ2v) is 4.95. The van der Waals surface area contributed by atoms with Gasteiger partial charge in [0.05, 0.1) is 0 Å². The Morgan fingerprint density at radius 2 is 1.70 bits per heavy atom. The number of nitrogens with one attached hydrogen (secondary N) is 1. The Morgan fingerprint density at radius 3 is 2.39 bits per heavy atom. The molecule has 1 amide bonds. The van der Waals surface area contributed by atoms with Crippen molar-refractivity contribution in [1.82, 2.24) is 0 Å². The molecule has 23 heavy (non-hydrogen) atoms. The molecule has 5 nitrogen and oxygen atoms in total. The third-order valence-corrected chi connectivity index (χ3v) is 3.14. The van der Waals surface area contributed by atoms with Gasteiger partial charge in [0.15, 0.2) is 5.78 Å². The number of carbonyl (C=O) groups is 3. The number of rotatable bonds is 5. The van der Waals surface area contributed by atoms with Gasteiger partial charge in [-0.25, -0.2) is 0 Å². The molecule has 2 rings (SSSR count). The van der Waals surface area contributed by atoms with E-state index in [2.05, 4.69) is 5.32 Å². The highest BCUT2D eigenvalue weighted by Gasteiger charge is 2.10. The number of amides is 1. The number of hydrogen-bond acceptors (Lipinski definition) is 4. The molecule has 0 aliphatic heterocycles. The molecule has 0 fully saturated rings. The van der Waals surface area contributed by atoms with Crippen LogP contribution in [0.1, 0.15) is 41.0 Å². The first-order chi connectivity index (χ1) is 11.0. The van der Waals surface area contributed by atoms with Crippen LogP contribution in [0.4, 0.5) is 5.69 Å². The summed E-state index contributed by atoms with van der Waals surface area (Å²) in [5.41, 5.74) is 1.41. The maximum absolute atomic E-state index is 12.3. The van der Waals surface area contributed by atoms with Crippen LogP contribution in [0, 0.1) is 0 Å². The van der Waals surface area contributed by atoms with Crippen molar-refractivity contribution >= 4 is 23.3 Å². The maximum Gasteiger partial charge on any atom is 0.310 e. The zero-order valence-corrected chi connectivity index (χ0v) is 13.0. The van der Waals surface area contributed by atoms with E-state index in [-0.39, 0.29) is 24.1 Å². The molecule has 0 spiro atoms. The Hall–Kier alpha value is -2.95. The van der Waals surface area contributed by atoms with Crippen molar-refractivity contribution in [3.8, 4) is 5.75 Å². The molecule has 0 heterocycles. The van der Waals surface area contributed by atoms with Gasteiger partial charge in [0.1, 0.15) is 5.75 Å². The molecule has 2 aromatic rings. The molecule has 2 aromatic carbocycles. The maximum atomic E-state index is 12.3. The molecular weight excluding hydrogens is 294 g/mol. The summed E-state index contributed by atoms with van der Waals surface area (Å²) in [4.78, 5) is 34.9. The predicted octanol–water partition coefficient (Wildman–Crippen LogP) is 3.46. The third kappa shape index (κ3) is 4.51. The minimum Gasteiger partial charge on any atom is -0.427 e. The number of ketones is 1. The summed E-state index contributed by atoms with van der Waals surface area (Å²) in [7, 11) is 0. The topological polar surface area (TPSA) is 72.5 Å². The number of esters is 1. The van der Waals surface area contributed by atoms with Crippen LogP contribution in [-0.2, 0) is 4.79 Å². The van der Waals surface area contributed by atoms with E-state index < -0.39 is 0 Å². The van der Waals surface area contributed by atoms with Crippen LogP contribution in [0.2, 0.25) is 0 Å². The Balaban J connectivity index is 2.14. The van der Waals surface area contributed by atoms with Gasteiger partial charge in [-0.2, -0.15) is 0 Å². The minimum absolute atomic E-state index is 0.0745. The van der Waals surface area contributed by atoms with Crippen LogP contribution in [0.25, 0.3) is 0 Å². The molecule has 1 N–H and O–H groups in total. The lowest BCUT2D eigenvalue weighted by Gasteiger charge is -2.08. The number of carbonyl (C=O) groups excluding carboxylic acids is 3. The summed E-state index contributed by atoms with van der Waals surface area (Å²) < 4.78 is 5.09. The highest BCUT2D eigenvalue weighted by molar-refractivity contribution is 6.05. The number of ether oxygens (including phenoxy) is 1. The van der Waals surface area contributed by atoms with Crippen molar-refractivity contribution in [3.05, 3.63) is 59.7 Å². The van der Waals surface area contributed by atoms with Crippen LogP contribution < -0.4 is 10.1 Å². The molecule has 0 bridgehead atoms. The van der Waals surface area contributed by atoms with E-state index in [9.17, 15) is 14.4 Å². The first kappa shape index (κ1) is 16.4. The van der Waals surface area contributed by atoms with Gasteiger partial charge in [0, 0.05) is 23.2 Å². The molecule has 0 atom stereocenters. The number of hydrogen-bond donors (Lipinski definition) is 1. The van der Waals surface area contributed by atoms with E-state index in [1.54, 1.807) is 49.4 Å². The van der Waals surface area contributed by atoms with Crippen molar-refractivity contribution < 1.29 is 19.1 Å². The summed E-state index contributed by atoms with van der Waals surface area (Å²) in [6.07, 6.45) is 0.258. The fourth-order valence-electron chi connectivity index (χ4n) is 1.92. The van der Waals surface area contributed by atoms with Gasteiger partial charge in [-0.3, -0.25) is 14.4 Å². The van der Waals surface area contributed by atoms with Crippen LogP contribution in [0.5, 0.6) is 5.75 Å². The summed E-state index contributed by atoms with van der Waals surface area (Å²) >= 11 is 0. The summed E-state index contributed by atoms with van der Waals surface area (Å²) in [5.74, 6) is -0.464. The second kappa shape index (κ2) is 7.35. The van der Waals surface area contributed by atoms with Crippen molar-refractivity contribution in [2.45, 2.75) is 20.3 Å². The lowest BCUT2D eigenvalue weighted by atomic mass is 10.1. The van der Waals surface area contributed by atoms with E-state index in [0.717, 1.165) is 0 Å². The number of Topliss-reactive ketones (excluding diaryl/α,β-unsaturated/α-hetero) is 1.